The van der Waals surface area contributed by atoms with Gasteiger partial charge in [-0.05, 0) is 59.6 Å². The number of carbonyl (C=O) groups is 2. The highest BCUT2D eigenvalue weighted by Gasteiger charge is 2.56. The topological polar surface area (TPSA) is 89.1 Å². The van der Waals surface area contributed by atoms with Crippen molar-refractivity contribution in [2.45, 2.75) is 51.7 Å². The van der Waals surface area contributed by atoms with E-state index >= 15 is 0 Å². The number of nitrogens with one attached hydrogen (secondary N) is 2. The summed E-state index contributed by atoms with van der Waals surface area (Å²) in [6.07, 6.45) is -0.448. The lowest BCUT2D eigenvalue weighted by atomic mass is 9.87. The Kier molecular flexibility index (Phi) is 10.1. The van der Waals surface area contributed by atoms with E-state index in [1.165, 1.54) is 10.5 Å². The fourth-order valence-corrected chi connectivity index (χ4v) is 5.78. The number of anilines is 1. The highest BCUT2D eigenvalue weighted by atomic mass is 19.1. The second-order valence-corrected chi connectivity index (χ2v) is 12.7. The van der Waals surface area contributed by atoms with E-state index in [4.69, 9.17) is 14.2 Å². The normalized spacial score (nSPS) is 19.3. The molecule has 2 N–H and O–H groups in total. The van der Waals surface area contributed by atoms with Gasteiger partial charge in [0, 0.05) is 44.2 Å². The summed E-state index contributed by atoms with van der Waals surface area (Å²) in [4.78, 5) is 26.7. The Balaban J connectivity index is 1.04. The number of benzene rings is 3. The van der Waals surface area contributed by atoms with E-state index in [-0.39, 0.29) is 29.9 Å². The predicted octanol–water partition coefficient (Wildman–Crippen LogP) is 6.09. The van der Waals surface area contributed by atoms with Crippen molar-refractivity contribution in [1.29, 1.82) is 0 Å². The number of likely N-dealkylation sites (tertiary alicyclic amines) is 1. The molecule has 1 saturated heterocycles. The van der Waals surface area contributed by atoms with Gasteiger partial charge < -0.3 is 29.7 Å². The Morgan fingerprint density at radius 1 is 0.935 bits per heavy atom. The summed E-state index contributed by atoms with van der Waals surface area (Å²) in [6, 6.07) is 15.9. The van der Waals surface area contributed by atoms with Crippen LogP contribution in [0.2, 0.25) is 0 Å². The summed E-state index contributed by atoms with van der Waals surface area (Å²) in [5.74, 6) is -1.99. The number of piperidine rings is 1. The number of carbonyl (C=O) groups excluding carboxylic acids is 2. The molecule has 1 saturated carbocycles. The van der Waals surface area contributed by atoms with Crippen LogP contribution in [0.4, 0.5) is 23.7 Å². The second-order valence-electron chi connectivity index (χ2n) is 12.7. The number of rotatable bonds is 12. The second kappa shape index (κ2) is 14.0. The van der Waals surface area contributed by atoms with E-state index < -0.39 is 41.2 Å². The van der Waals surface area contributed by atoms with Crippen LogP contribution in [0.25, 0.3) is 0 Å². The van der Waals surface area contributed by atoms with Gasteiger partial charge in [-0.3, -0.25) is 0 Å². The van der Waals surface area contributed by atoms with Crippen molar-refractivity contribution in [3.05, 3.63) is 89.2 Å². The Labute approximate surface area is 267 Å². The molecule has 4 atom stereocenters. The van der Waals surface area contributed by atoms with Crippen LogP contribution >= 0.6 is 0 Å². The molecule has 5 rings (SSSR count). The Bertz CT molecular complexity index is 1490. The molecule has 246 valence electrons. The van der Waals surface area contributed by atoms with Gasteiger partial charge in [-0.25, -0.2) is 22.8 Å². The molecule has 2 aliphatic rings. The first-order valence-electron chi connectivity index (χ1n) is 15.5. The number of esters is 1. The van der Waals surface area contributed by atoms with Gasteiger partial charge in [-0.2, -0.15) is 0 Å². The number of ether oxygens (including phenoxy) is 3. The number of hydrogen-bond acceptors (Lipinski definition) is 6. The molecule has 46 heavy (non-hydrogen) atoms. The lowest BCUT2D eigenvalue weighted by Crippen LogP contribution is -2.39. The molecule has 0 aromatic heterocycles. The van der Waals surface area contributed by atoms with Crippen LogP contribution in [0.5, 0.6) is 11.5 Å². The van der Waals surface area contributed by atoms with Crippen LogP contribution in [0, 0.1) is 29.3 Å². The lowest BCUT2D eigenvalue weighted by molar-refractivity contribution is -0.151. The molecule has 0 unspecified atom stereocenters. The summed E-state index contributed by atoms with van der Waals surface area (Å²) in [5.41, 5.74) is 1.44. The molecule has 3 aromatic carbocycles. The van der Waals surface area contributed by atoms with Gasteiger partial charge in [0.15, 0.2) is 17.7 Å². The van der Waals surface area contributed by atoms with Gasteiger partial charge in [0.2, 0.25) is 0 Å². The van der Waals surface area contributed by atoms with Crippen LogP contribution in [0.1, 0.15) is 38.8 Å². The first kappa shape index (κ1) is 33.1. The molecule has 2 amide bonds. The highest BCUT2D eigenvalue weighted by molar-refractivity contribution is 5.90. The monoisotopic (exact) mass is 639 g/mol. The summed E-state index contributed by atoms with van der Waals surface area (Å²) < 4.78 is 58.1. The third-order valence-corrected chi connectivity index (χ3v) is 8.36. The van der Waals surface area contributed by atoms with Gasteiger partial charge >= 0.3 is 12.0 Å². The molecule has 0 bridgehead atoms. The van der Waals surface area contributed by atoms with Crippen molar-refractivity contribution >= 4 is 17.7 Å². The average Bonchev–Trinajstić information content (AvgIpc) is 3.44. The van der Waals surface area contributed by atoms with E-state index in [9.17, 15) is 22.8 Å². The first-order chi connectivity index (χ1) is 21.9. The van der Waals surface area contributed by atoms with E-state index in [1.807, 2.05) is 48.5 Å². The Hall–Kier alpha value is -4.25. The fraction of sp³-hybridized carbons (Fsp3) is 0.429. The molecule has 0 radical (unpaired) electrons. The lowest BCUT2D eigenvalue weighted by Gasteiger charge is -2.21. The minimum atomic E-state index is -1.16. The minimum absolute atomic E-state index is 0.0126. The number of urea groups is 1. The molecule has 3 aromatic rings. The van der Waals surface area contributed by atoms with Crippen molar-refractivity contribution in [3.63, 3.8) is 0 Å². The Morgan fingerprint density at radius 2 is 1.54 bits per heavy atom. The molecule has 2 fully saturated rings. The van der Waals surface area contributed by atoms with Crippen molar-refractivity contribution in [2.75, 3.05) is 38.2 Å². The number of nitrogens with zero attached hydrogens (tertiary/aromatic N) is 1. The van der Waals surface area contributed by atoms with E-state index in [2.05, 4.69) is 31.4 Å². The minimum Gasteiger partial charge on any atom is -0.492 e. The van der Waals surface area contributed by atoms with Crippen LogP contribution in [0.15, 0.2) is 60.7 Å². The standard InChI is InChI=1S/C35H40F3N3O5/c1-5-44-33(42)30(46-25-12-8-22(9-13-25)35(2,3)4)16-21-6-10-24(11-7-21)45-15-14-39-31-26-19-41(20-27(26)31)34(43)40-32-28(37)17-23(36)18-29(32)38/h6-13,17-18,26-27,30-31,39H,5,14-16,19-20H2,1-4H3,(H,40,43)/t26-,27+,30-,31+/m0/s1. The number of hydrogen-bond donors (Lipinski definition) is 2. The summed E-state index contributed by atoms with van der Waals surface area (Å²) in [5, 5.41) is 5.66. The van der Waals surface area contributed by atoms with E-state index in [1.54, 1.807) is 6.92 Å². The van der Waals surface area contributed by atoms with Crippen molar-refractivity contribution in [3.8, 4) is 11.5 Å². The number of amides is 2. The van der Waals surface area contributed by atoms with Crippen molar-refractivity contribution in [2.24, 2.45) is 11.8 Å². The molecule has 1 aliphatic carbocycles. The molecule has 8 nitrogen and oxygen atoms in total. The summed E-state index contributed by atoms with van der Waals surface area (Å²) in [6.45, 7) is 10.4. The predicted molar refractivity (Wildman–Crippen MR) is 168 cm³/mol. The Morgan fingerprint density at radius 3 is 2.13 bits per heavy atom. The zero-order chi connectivity index (χ0) is 33.0. The maximum Gasteiger partial charge on any atom is 0.347 e. The van der Waals surface area contributed by atoms with Gasteiger partial charge in [-0.15, -0.1) is 0 Å². The molecule has 0 spiro atoms. The maximum atomic E-state index is 13.9. The van der Waals surface area contributed by atoms with Crippen molar-refractivity contribution < 1.29 is 37.0 Å². The molecule has 11 heteroatoms. The molecule has 1 heterocycles. The van der Waals surface area contributed by atoms with E-state index in [0.717, 1.165) is 5.56 Å². The van der Waals surface area contributed by atoms with E-state index in [0.29, 0.717) is 56.3 Å². The third kappa shape index (κ3) is 8.12. The van der Waals surface area contributed by atoms with Crippen LogP contribution in [-0.2, 0) is 21.4 Å². The summed E-state index contributed by atoms with van der Waals surface area (Å²) in [7, 11) is 0. The largest absolute Gasteiger partial charge is 0.492 e. The fourth-order valence-electron chi connectivity index (χ4n) is 5.78. The third-order valence-electron chi connectivity index (χ3n) is 8.36. The van der Waals surface area contributed by atoms with Gasteiger partial charge in [-0.1, -0.05) is 45.0 Å². The quantitative estimate of drug-likeness (QED) is 0.184. The van der Waals surface area contributed by atoms with Gasteiger partial charge in [0.05, 0.1) is 6.61 Å². The smallest absolute Gasteiger partial charge is 0.347 e. The maximum absolute atomic E-state index is 13.9. The summed E-state index contributed by atoms with van der Waals surface area (Å²) >= 11 is 0. The molecule has 1 aliphatic heterocycles. The first-order valence-corrected chi connectivity index (χ1v) is 15.5. The van der Waals surface area contributed by atoms with Crippen LogP contribution in [-0.4, -0.2) is 61.9 Å². The van der Waals surface area contributed by atoms with Gasteiger partial charge in [0.25, 0.3) is 0 Å². The van der Waals surface area contributed by atoms with Crippen LogP contribution in [0.3, 0.4) is 0 Å². The SMILES string of the molecule is CCOC(=O)[C@H](Cc1ccc(OCCN[C@H]2[C@@H]3CN(C(=O)Nc4c(F)cc(F)cc4F)C[C@@H]32)cc1)Oc1ccc(C(C)(C)C)cc1. The number of halogens is 3. The molecular weight excluding hydrogens is 599 g/mol. The van der Waals surface area contributed by atoms with Crippen molar-refractivity contribution in [1.82, 2.24) is 10.2 Å². The van der Waals surface area contributed by atoms with Crippen LogP contribution < -0.4 is 20.1 Å². The average molecular weight is 640 g/mol. The zero-order valence-corrected chi connectivity index (χ0v) is 26.4. The zero-order valence-electron chi connectivity index (χ0n) is 26.4. The van der Waals surface area contributed by atoms with Gasteiger partial charge in [0.1, 0.15) is 29.6 Å². The number of fused-ring (bicyclic) bond motifs is 1. The molecular formula is C35H40F3N3O5. The highest BCUT2D eigenvalue weighted by Crippen LogP contribution is 2.45.